The number of hydrogen-bond donors (Lipinski definition) is 2. The Morgan fingerprint density at radius 3 is 2.57 bits per heavy atom. The minimum absolute atomic E-state index is 0. The fourth-order valence-corrected chi connectivity index (χ4v) is 3.66. The summed E-state index contributed by atoms with van der Waals surface area (Å²) >= 11 is 1.70. The first kappa shape index (κ1) is 26.4. The second-order valence-electron chi connectivity index (χ2n) is 6.42. The standard InChI is InChI=1S/C20H28F2N4O2S.HI/c1-5-23-20(25-13-16(26(2)3)18-7-6-10-29-18)24-12-14-11-15(27-4)8-9-17(14)28-19(21)22;/h6-11,16,19H,5,12-13H2,1-4H3,(H2,23,24,25);1H. The molecule has 0 aliphatic heterocycles. The van der Waals surface area contributed by atoms with Crippen molar-refractivity contribution in [2.75, 3.05) is 34.3 Å². The molecule has 0 saturated carbocycles. The highest BCUT2D eigenvalue weighted by Gasteiger charge is 2.16. The monoisotopic (exact) mass is 554 g/mol. The maximum atomic E-state index is 12.7. The molecule has 1 aromatic heterocycles. The summed E-state index contributed by atoms with van der Waals surface area (Å²) < 4.78 is 35.2. The summed E-state index contributed by atoms with van der Waals surface area (Å²) in [6, 6.07) is 9.02. The number of aliphatic imine (C=N–C) groups is 1. The van der Waals surface area contributed by atoms with Crippen LogP contribution in [0.15, 0.2) is 40.7 Å². The van der Waals surface area contributed by atoms with Gasteiger partial charge < -0.3 is 25.0 Å². The zero-order chi connectivity index (χ0) is 21.2. The molecule has 10 heteroatoms. The third-order valence-electron chi connectivity index (χ3n) is 4.19. The molecule has 30 heavy (non-hydrogen) atoms. The van der Waals surface area contributed by atoms with Crippen molar-refractivity contribution < 1.29 is 18.3 Å². The molecule has 1 aromatic carbocycles. The Labute approximate surface area is 197 Å². The summed E-state index contributed by atoms with van der Waals surface area (Å²) in [5, 5.41) is 8.57. The first-order valence-electron chi connectivity index (χ1n) is 9.28. The van der Waals surface area contributed by atoms with E-state index in [-0.39, 0.29) is 42.3 Å². The lowest BCUT2D eigenvalue weighted by atomic mass is 10.2. The molecule has 0 saturated heterocycles. The predicted molar refractivity (Wildman–Crippen MR) is 129 cm³/mol. The van der Waals surface area contributed by atoms with Gasteiger partial charge in [-0.05, 0) is 50.7 Å². The summed E-state index contributed by atoms with van der Waals surface area (Å²) in [5.74, 6) is 1.24. The van der Waals surface area contributed by atoms with E-state index >= 15 is 0 Å². The maximum absolute atomic E-state index is 12.7. The lowest BCUT2D eigenvalue weighted by molar-refractivity contribution is -0.0504. The van der Waals surface area contributed by atoms with Gasteiger partial charge in [-0.15, -0.1) is 35.3 Å². The van der Waals surface area contributed by atoms with Gasteiger partial charge in [0.15, 0.2) is 5.96 Å². The van der Waals surface area contributed by atoms with Gasteiger partial charge in [0.05, 0.1) is 19.7 Å². The van der Waals surface area contributed by atoms with Gasteiger partial charge in [-0.1, -0.05) is 6.07 Å². The Balaban J connectivity index is 0.00000450. The lowest BCUT2D eigenvalue weighted by Gasteiger charge is -2.24. The van der Waals surface area contributed by atoms with Crippen LogP contribution in [0.4, 0.5) is 8.78 Å². The number of alkyl halides is 2. The molecular formula is C20H29F2IN4O2S. The summed E-state index contributed by atoms with van der Waals surface area (Å²) in [5.41, 5.74) is 0.518. The Kier molecular flexibility index (Phi) is 12.0. The van der Waals surface area contributed by atoms with E-state index in [9.17, 15) is 8.78 Å². The summed E-state index contributed by atoms with van der Waals surface area (Å²) in [4.78, 5) is 7.93. The van der Waals surface area contributed by atoms with Crippen LogP contribution in [0.1, 0.15) is 23.4 Å². The average Bonchev–Trinajstić information content (AvgIpc) is 3.20. The molecule has 2 aromatic rings. The fraction of sp³-hybridized carbons (Fsp3) is 0.450. The second-order valence-corrected chi connectivity index (χ2v) is 7.40. The number of rotatable bonds is 10. The molecule has 0 aliphatic carbocycles. The van der Waals surface area contributed by atoms with Crippen molar-refractivity contribution in [1.29, 1.82) is 0 Å². The third-order valence-corrected chi connectivity index (χ3v) is 5.17. The third kappa shape index (κ3) is 8.23. The normalized spacial score (nSPS) is 12.5. The molecule has 1 heterocycles. The lowest BCUT2D eigenvalue weighted by Crippen LogP contribution is -2.41. The molecule has 0 amide bonds. The van der Waals surface area contributed by atoms with Crippen LogP contribution >= 0.6 is 35.3 Å². The Morgan fingerprint density at radius 1 is 1.23 bits per heavy atom. The second kappa shape index (κ2) is 13.6. The maximum Gasteiger partial charge on any atom is 0.387 e. The number of hydrogen-bond acceptors (Lipinski definition) is 5. The van der Waals surface area contributed by atoms with E-state index in [1.54, 1.807) is 23.5 Å². The number of methoxy groups -OCH3 is 1. The Bertz CT molecular complexity index is 776. The van der Waals surface area contributed by atoms with Gasteiger partial charge in [0.25, 0.3) is 0 Å². The van der Waals surface area contributed by atoms with Crippen LogP contribution < -0.4 is 20.1 Å². The zero-order valence-electron chi connectivity index (χ0n) is 17.5. The van der Waals surface area contributed by atoms with Crippen LogP contribution in [-0.2, 0) is 6.54 Å². The van der Waals surface area contributed by atoms with Crippen LogP contribution in [0, 0.1) is 0 Å². The van der Waals surface area contributed by atoms with Gasteiger partial charge in [0, 0.05) is 23.5 Å². The molecule has 2 N–H and O–H groups in total. The molecule has 0 spiro atoms. The SMILES string of the molecule is CCNC(=NCc1cc(OC)ccc1OC(F)F)NCC(c1cccs1)N(C)C.I. The zero-order valence-corrected chi connectivity index (χ0v) is 20.7. The number of likely N-dealkylation sites (N-methyl/N-ethyl adjacent to an activating group) is 1. The van der Waals surface area contributed by atoms with E-state index in [0.717, 1.165) is 0 Å². The molecule has 6 nitrogen and oxygen atoms in total. The van der Waals surface area contributed by atoms with Crippen molar-refractivity contribution in [3.8, 4) is 11.5 Å². The minimum atomic E-state index is -2.90. The quantitative estimate of drug-likeness (QED) is 0.260. The van der Waals surface area contributed by atoms with Crippen LogP contribution in [0.5, 0.6) is 11.5 Å². The topological polar surface area (TPSA) is 58.1 Å². The fourth-order valence-electron chi connectivity index (χ4n) is 2.74. The number of ether oxygens (including phenoxy) is 2. The van der Waals surface area contributed by atoms with Gasteiger partial charge in [-0.3, -0.25) is 0 Å². The van der Waals surface area contributed by atoms with Crippen molar-refractivity contribution in [2.24, 2.45) is 4.99 Å². The first-order chi connectivity index (χ1) is 13.9. The van der Waals surface area contributed by atoms with Crippen LogP contribution in [-0.4, -0.2) is 51.8 Å². The van der Waals surface area contributed by atoms with E-state index in [2.05, 4.69) is 36.7 Å². The van der Waals surface area contributed by atoms with Crippen LogP contribution in [0.3, 0.4) is 0 Å². The minimum Gasteiger partial charge on any atom is -0.497 e. The number of thiophene rings is 1. The largest absolute Gasteiger partial charge is 0.497 e. The molecular weight excluding hydrogens is 525 g/mol. The van der Waals surface area contributed by atoms with Crippen LogP contribution in [0.2, 0.25) is 0 Å². The van der Waals surface area contributed by atoms with E-state index in [1.165, 1.54) is 18.1 Å². The van der Waals surface area contributed by atoms with Crippen molar-refractivity contribution in [1.82, 2.24) is 15.5 Å². The van der Waals surface area contributed by atoms with Crippen molar-refractivity contribution in [2.45, 2.75) is 26.1 Å². The summed E-state index contributed by atoms with van der Waals surface area (Å²) in [6.45, 7) is 0.564. The van der Waals surface area contributed by atoms with Crippen molar-refractivity contribution in [3.63, 3.8) is 0 Å². The van der Waals surface area contributed by atoms with E-state index in [4.69, 9.17) is 4.74 Å². The van der Waals surface area contributed by atoms with Crippen molar-refractivity contribution >= 4 is 41.3 Å². The Morgan fingerprint density at radius 2 is 2.00 bits per heavy atom. The number of guanidine groups is 1. The number of nitrogens with zero attached hydrogens (tertiary/aromatic N) is 2. The molecule has 1 atom stereocenters. The average molecular weight is 554 g/mol. The highest BCUT2D eigenvalue weighted by molar-refractivity contribution is 14.0. The first-order valence-corrected chi connectivity index (χ1v) is 10.2. The molecule has 0 aliphatic rings. The highest BCUT2D eigenvalue weighted by atomic mass is 127. The summed E-state index contributed by atoms with van der Waals surface area (Å²) in [7, 11) is 5.58. The van der Waals surface area contributed by atoms with Gasteiger partial charge in [0.2, 0.25) is 0 Å². The van der Waals surface area contributed by atoms with Gasteiger partial charge >= 0.3 is 6.61 Å². The molecule has 0 bridgehead atoms. The van der Waals surface area contributed by atoms with Gasteiger partial charge in [-0.25, -0.2) is 4.99 Å². The Hall–Kier alpha value is -1.66. The van der Waals surface area contributed by atoms with Crippen LogP contribution in [0.25, 0.3) is 0 Å². The highest BCUT2D eigenvalue weighted by Crippen LogP contribution is 2.26. The molecule has 0 fully saturated rings. The molecule has 0 radical (unpaired) electrons. The van der Waals surface area contributed by atoms with E-state index in [1.807, 2.05) is 27.1 Å². The molecule has 168 valence electrons. The predicted octanol–water partition coefficient (Wildman–Crippen LogP) is 4.33. The van der Waals surface area contributed by atoms with E-state index < -0.39 is 6.61 Å². The van der Waals surface area contributed by atoms with E-state index in [0.29, 0.717) is 30.4 Å². The van der Waals surface area contributed by atoms with Crippen molar-refractivity contribution in [3.05, 3.63) is 46.2 Å². The molecule has 1 unspecified atom stereocenters. The van der Waals surface area contributed by atoms with Gasteiger partial charge in [-0.2, -0.15) is 8.78 Å². The molecule has 2 rings (SSSR count). The number of benzene rings is 1. The smallest absolute Gasteiger partial charge is 0.387 e. The van der Waals surface area contributed by atoms with Gasteiger partial charge in [0.1, 0.15) is 11.5 Å². The summed E-state index contributed by atoms with van der Waals surface area (Å²) in [6.07, 6.45) is 0. The number of halogens is 3. The number of nitrogens with one attached hydrogen (secondary N) is 2.